The van der Waals surface area contributed by atoms with E-state index in [1.165, 1.54) is 12.1 Å². The summed E-state index contributed by atoms with van der Waals surface area (Å²) < 4.78 is 48.3. The van der Waals surface area contributed by atoms with E-state index in [0.717, 1.165) is 61.2 Å². The molecule has 0 saturated carbocycles. The van der Waals surface area contributed by atoms with Crippen molar-refractivity contribution < 1.29 is 32.5 Å². The number of amides is 1. The van der Waals surface area contributed by atoms with Crippen molar-refractivity contribution in [2.75, 3.05) is 14.2 Å². The average molecular weight is 874 g/mol. The van der Waals surface area contributed by atoms with Gasteiger partial charge in [-0.05, 0) is 96.4 Å². The first-order valence-electron chi connectivity index (χ1n) is 21.8. The van der Waals surface area contributed by atoms with Crippen molar-refractivity contribution in [1.29, 1.82) is 0 Å². The van der Waals surface area contributed by atoms with Crippen LogP contribution in [-0.4, -0.2) is 33.8 Å². The van der Waals surface area contributed by atoms with Gasteiger partial charge in [0, 0.05) is 36.8 Å². The molecular formula is C54H67NO7S. The number of phenolic OH excluding ortho intramolecular Hbond substituents is 1. The summed E-state index contributed by atoms with van der Waals surface area (Å²) in [7, 11) is -0.947. The molecule has 0 aromatic heterocycles. The summed E-state index contributed by atoms with van der Waals surface area (Å²) in [4.78, 5) is 14.0. The van der Waals surface area contributed by atoms with Gasteiger partial charge in [0.15, 0.2) is 0 Å². The second-order valence-electron chi connectivity index (χ2n) is 21.4. The highest BCUT2D eigenvalue weighted by atomic mass is 32.2. The Labute approximate surface area is 376 Å². The van der Waals surface area contributed by atoms with Crippen molar-refractivity contribution in [2.24, 2.45) is 0 Å². The number of carbonyl (C=O) groups excluding carboxylic acids is 1. The molecule has 9 heteroatoms. The van der Waals surface area contributed by atoms with Gasteiger partial charge < -0.3 is 19.3 Å². The minimum atomic E-state index is -4.28. The number of carbonyl (C=O) groups is 1. The average Bonchev–Trinajstić information content (AvgIpc) is 3.15. The van der Waals surface area contributed by atoms with Gasteiger partial charge in [0.2, 0.25) is 0 Å². The normalized spacial score (nSPS) is 13.6. The Kier molecular flexibility index (Phi) is 12.8. The van der Waals surface area contributed by atoms with Crippen molar-refractivity contribution >= 4 is 16.1 Å². The third-order valence-electron chi connectivity index (χ3n) is 12.1. The molecule has 8 bridgehead atoms. The van der Waals surface area contributed by atoms with E-state index >= 15 is 0 Å². The summed E-state index contributed by atoms with van der Waals surface area (Å²) in [5.41, 5.74) is 10.6. The van der Waals surface area contributed by atoms with E-state index in [2.05, 4.69) is 136 Å². The number of phenols is 1. The highest BCUT2D eigenvalue weighted by molar-refractivity contribution is 7.90. The lowest BCUT2D eigenvalue weighted by atomic mass is 9.79. The Morgan fingerprint density at radius 1 is 0.508 bits per heavy atom. The fraction of sp³-hybridized carbons (Fsp3) is 0.426. The second-order valence-corrected chi connectivity index (χ2v) is 23.1. The standard InChI is InChI=1S/C54H67NO7S/c1-32-16-18-45(19-17-32)63(58,59)55-50(57)62-49-39-22-37-28-42(52(5,6)7)26-35(47(37)60-14)20-33-24-41(51(2,3)4)25-34(46(33)56)21-36-27-43(53(8,9)10)29-38(48(36)61-15)23-40(49)31-44(30-39)54(11,12)13/h16-19,24-31,56H,20-23H2,1-15H3,(H,55,57). The van der Waals surface area contributed by atoms with Gasteiger partial charge in [-0.1, -0.05) is 149 Å². The second kappa shape index (κ2) is 17.0. The van der Waals surface area contributed by atoms with Crippen LogP contribution >= 0.6 is 0 Å². The molecule has 5 aromatic carbocycles. The molecule has 5 aromatic rings. The van der Waals surface area contributed by atoms with E-state index in [9.17, 15) is 18.3 Å². The van der Waals surface area contributed by atoms with Crippen LogP contribution in [0, 0.1) is 6.92 Å². The third-order valence-corrected chi connectivity index (χ3v) is 13.5. The Morgan fingerprint density at radius 2 is 0.794 bits per heavy atom. The van der Waals surface area contributed by atoms with Crippen LogP contribution in [0.5, 0.6) is 23.0 Å². The first-order chi connectivity index (χ1) is 29.1. The maximum absolute atomic E-state index is 14.1. The lowest BCUT2D eigenvalue weighted by Gasteiger charge is -2.28. The highest BCUT2D eigenvalue weighted by Crippen LogP contribution is 2.44. The van der Waals surface area contributed by atoms with E-state index in [-0.39, 0.29) is 50.9 Å². The molecule has 0 atom stereocenters. The van der Waals surface area contributed by atoms with Crippen LogP contribution in [0.15, 0.2) is 77.7 Å². The first kappa shape index (κ1) is 47.2. The molecule has 0 fully saturated rings. The van der Waals surface area contributed by atoms with Crippen molar-refractivity contribution in [2.45, 2.75) is 142 Å². The number of benzene rings is 5. The van der Waals surface area contributed by atoms with Crippen LogP contribution in [0.25, 0.3) is 0 Å². The fourth-order valence-electron chi connectivity index (χ4n) is 8.29. The van der Waals surface area contributed by atoms with E-state index < -0.39 is 16.1 Å². The SMILES string of the molecule is COc1c2cc(C(C)(C)C)cc1Cc1cc(C(C)(C)C)cc(c1OC(=O)NS(=O)(=O)c1ccc(C)cc1)Cc1cc(C(C)(C)C)cc(c1OC)Cc1cc(C(C)(C)C)cc(c1O)C2. The zero-order valence-electron chi connectivity index (χ0n) is 40.1. The lowest BCUT2D eigenvalue weighted by molar-refractivity contribution is 0.206. The number of nitrogens with one attached hydrogen (secondary N) is 1. The quantitative estimate of drug-likeness (QED) is 0.177. The van der Waals surface area contributed by atoms with Gasteiger partial charge in [-0.3, -0.25) is 0 Å². The van der Waals surface area contributed by atoms with Crippen molar-refractivity contribution in [3.05, 3.63) is 145 Å². The smallest absolute Gasteiger partial charge is 0.426 e. The molecule has 336 valence electrons. The molecule has 63 heavy (non-hydrogen) atoms. The molecule has 0 aliphatic heterocycles. The fourth-order valence-corrected chi connectivity index (χ4v) is 9.16. The van der Waals surface area contributed by atoms with Gasteiger partial charge in [0.05, 0.1) is 19.1 Å². The summed E-state index contributed by atoms with van der Waals surface area (Å²) in [5, 5.41) is 12.3. The molecule has 0 spiro atoms. The predicted octanol–water partition coefficient (Wildman–Crippen LogP) is 12.1. The van der Waals surface area contributed by atoms with E-state index in [1.54, 1.807) is 26.4 Å². The summed E-state index contributed by atoms with van der Waals surface area (Å²) in [6.07, 6.45) is 0.237. The van der Waals surface area contributed by atoms with Crippen molar-refractivity contribution in [3.63, 3.8) is 0 Å². The number of fused-ring (bicyclic) bond motifs is 8. The topological polar surface area (TPSA) is 111 Å². The molecule has 1 aliphatic rings. The molecule has 0 radical (unpaired) electrons. The van der Waals surface area contributed by atoms with Crippen molar-refractivity contribution in [1.82, 2.24) is 4.72 Å². The number of rotatable bonds is 5. The minimum Gasteiger partial charge on any atom is -0.507 e. The maximum Gasteiger partial charge on any atom is 0.426 e. The van der Waals surface area contributed by atoms with E-state index in [1.807, 2.05) is 6.92 Å². The van der Waals surface area contributed by atoms with Crippen LogP contribution < -0.4 is 18.9 Å². The molecule has 1 aliphatic carbocycles. The molecule has 8 nitrogen and oxygen atoms in total. The van der Waals surface area contributed by atoms with Crippen LogP contribution in [0.3, 0.4) is 0 Å². The molecule has 0 unspecified atom stereocenters. The van der Waals surface area contributed by atoms with Gasteiger partial charge in [0.1, 0.15) is 23.0 Å². The Morgan fingerprint density at radius 3 is 1.10 bits per heavy atom. The number of sulfonamides is 1. The molecule has 6 rings (SSSR count). The third kappa shape index (κ3) is 10.4. The van der Waals surface area contributed by atoms with Gasteiger partial charge in [-0.25, -0.2) is 17.9 Å². The first-order valence-corrected chi connectivity index (χ1v) is 23.3. The van der Waals surface area contributed by atoms with E-state index in [0.29, 0.717) is 35.5 Å². The number of hydrogen-bond donors (Lipinski definition) is 2. The predicted molar refractivity (Wildman–Crippen MR) is 254 cm³/mol. The molecular weight excluding hydrogens is 807 g/mol. The van der Waals surface area contributed by atoms with Gasteiger partial charge in [-0.2, -0.15) is 0 Å². The van der Waals surface area contributed by atoms with Gasteiger partial charge in [-0.15, -0.1) is 0 Å². The molecule has 0 saturated heterocycles. The van der Waals surface area contributed by atoms with E-state index in [4.69, 9.17) is 14.2 Å². The van der Waals surface area contributed by atoms with Crippen molar-refractivity contribution in [3.8, 4) is 23.0 Å². The molecule has 2 N–H and O–H groups in total. The zero-order chi connectivity index (χ0) is 46.6. The number of hydrogen-bond acceptors (Lipinski definition) is 7. The Hall–Kier alpha value is -5.28. The Balaban J connectivity index is 1.71. The molecule has 1 amide bonds. The number of ether oxygens (including phenoxy) is 3. The summed E-state index contributed by atoms with van der Waals surface area (Å²) in [5.74, 6) is 1.84. The van der Waals surface area contributed by atoms with Gasteiger partial charge in [0.25, 0.3) is 10.0 Å². The number of aromatic hydroxyl groups is 1. The van der Waals surface area contributed by atoms with Gasteiger partial charge >= 0.3 is 6.09 Å². The Bertz CT molecular complexity index is 2550. The summed E-state index contributed by atoms with van der Waals surface area (Å²) in [6.45, 7) is 27.9. The highest BCUT2D eigenvalue weighted by Gasteiger charge is 2.30. The summed E-state index contributed by atoms with van der Waals surface area (Å²) in [6, 6.07) is 23.3. The van der Waals surface area contributed by atoms with Crippen LogP contribution in [0.2, 0.25) is 0 Å². The van der Waals surface area contributed by atoms with Crippen LogP contribution in [0.4, 0.5) is 4.79 Å². The number of aryl methyl sites for hydroxylation is 1. The largest absolute Gasteiger partial charge is 0.507 e. The summed E-state index contributed by atoms with van der Waals surface area (Å²) >= 11 is 0. The van der Waals surface area contributed by atoms with Crippen LogP contribution in [-0.2, 0) is 57.4 Å². The lowest BCUT2D eigenvalue weighted by Crippen LogP contribution is -2.33. The number of methoxy groups -OCH3 is 2. The maximum atomic E-state index is 14.1. The van der Waals surface area contributed by atoms with Crippen LogP contribution in [0.1, 0.15) is 155 Å². The monoisotopic (exact) mass is 873 g/mol. The zero-order valence-corrected chi connectivity index (χ0v) is 40.9. The molecule has 0 heterocycles. The minimum absolute atomic E-state index is 0.0481.